The Morgan fingerprint density at radius 2 is 1.74 bits per heavy atom. The molecule has 2 aliphatic heterocycles. The van der Waals surface area contributed by atoms with Crippen LogP contribution in [0.4, 0.5) is 4.39 Å². The summed E-state index contributed by atoms with van der Waals surface area (Å²) in [5.74, 6) is -1.20. The van der Waals surface area contributed by atoms with Crippen molar-refractivity contribution in [1.29, 1.82) is 0 Å². The fourth-order valence-electron chi connectivity index (χ4n) is 1.40. The Kier molecular flexibility index (Phi) is 7.73. The van der Waals surface area contributed by atoms with Gasteiger partial charge in [0.25, 0.3) is 11.8 Å². The molecule has 0 spiro atoms. The van der Waals surface area contributed by atoms with Gasteiger partial charge in [0.2, 0.25) is 6.36 Å². The maximum absolute atomic E-state index is 12.1. The summed E-state index contributed by atoms with van der Waals surface area (Å²) in [5.41, 5.74) is 0. The van der Waals surface area contributed by atoms with Gasteiger partial charge in [0.15, 0.2) is 5.79 Å². The quantitative estimate of drug-likeness (QED) is 0.685. The number of halogens is 1. The van der Waals surface area contributed by atoms with Gasteiger partial charge < -0.3 is 9.47 Å². The highest BCUT2D eigenvalue weighted by Gasteiger charge is 2.32. The van der Waals surface area contributed by atoms with E-state index in [1.54, 1.807) is 13.8 Å². The number of carbonyl (C=O) groups is 2. The molecule has 0 aromatic heterocycles. The van der Waals surface area contributed by atoms with Gasteiger partial charge in [0.05, 0.1) is 7.11 Å². The molecule has 2 fully saturated rings. The van der Waals surface area contributed by atoms with Crippen LogP contribution >= 0.6 is 0 Å². The van der Waals surface area contributed by atoms with E-state index in [0.29, 0.717) is 0 Å². The van der Waals surface area contributed by atoms with Crippen molar-refractivity contribution in [2.24, 2.45) is 0 Å². The van der Waals surface area contributed by atoms with Gasteiger partial charge in [-0.15, -0.1) is 0 Å². The number of hydroxylamine groups is 2. The maximum Gasteiger partial charge on any atom is 0.253 e. The SMILES string of the molecule is CC.CC1(C)OCC(F)O1.CON1C(=O)CCC1=O. The van der Waals surface area contributed by atoms with Crippen molar-refractivity contribution < 1.29 is 28.3 Å². The molecule has 0 aliphatic carbocycles. The number of carbonyl (C=O) groups excluding carboxylic acids is 2. The molecule has 0 N–H and O–H groups in total. The number of rotatable bonds is 1. The van der Waals surface area contributed by atoms with Gasteiger partial charge in [0.1, 0.15) is 6.61 Å². The van der Waals surface area contributed by atoms with E-state index in [4.69, 9.17) is 4.74 Å². The largest absolute Gasteiger partial charge is 0.345 e. The Morgan fingerprint density at radius 1 is 1.26 bits per heavy atom. The number of nitrogens with zero attached hydrogens (tertiary/aromatic N) is 1. The molecule has 0 aromatic carbocycles. The predicted octanol–water partition coefficient (Wildman–Crippen LogP) is 1.79. The lowest BCUT2D eigenvalue weighted by Crippen LogP contribution is -2.27. The average molecular weight is 279 g/mol. The first-order valence-electron chi connectivity index (χ1n) is 6.21. The van der Waals surface area contributed by atoms with E-state index < -0.39 is 12.1 Å². The van der Waals surface area contributed by atoms with Crippen LogP contribution in [0, 0.1) is 0 Å². The van der Waals surface area contributed by atoms with Crippen LogP contribution in [0.2, 0.25) is 0 Å². The first-order valence-corrected chi connectivity index (χ1v) is 6.21. The Bertz CT molecular complexity index is 292. The molecular weight excluding hydrogens is 257 g/mol. The van der Waals surface area contributed by atoms with Crippen LogP contribution in [0.1, 0.15) is 40.5 Å². The van der Waals surface area contributed by atoms with Crippen molar-refractivity contribution in [1.82, 2.24) is 5.06 Å². The van der Waals surface area contributed by atoms with E-state index >= 15 is 0 Å². The zero-order valence-corrected chi connectivity index (χ0v) is 12.1. The molecule has 0 saturated carbocycles. The highest BCUT2D eigenvalue weighted by Crippen LogP contribution is 2.22. The molecule has 1 unspecified atom stereocenters. The van der Waals surface area contributed by atoms with Crippen molar-refractivity contribution in [2.45, 2.75) is 52.7 Å². The van der Waals surface area contributed by atoms with E-state index in [1.165, 1.54) is 7.11 Å². The van der Waals surface area contributed by atoms with Gasteiger partial charge in [-0.25, -0.2) is 4.39 Å². The molecule has 1 atom stereocenters. The lowest BCUT2D eigenvalue weighted by atomic mass is 10.4. The molecule has 2 heterocycles. The zero-order chi connectivity index (χ0) is 15.1. The summed E-state index contributed by atoms with van der Waals surface area (Å²) in [6, 6.07) is 0. The minimum atomic E-state index is -1.23. The van der Waals surface area contributed by atoms with Crippen LogP contribution in [0.5, 0.6) is 0 Å². The standard InChI is InChI=1S/C5H9FO2.C5H7NO3.C2H6/c1-5(2)7-3-4(6)8-5;1-9-6-4(7)2-3-5(6)8;1-2/h4H,3H2,1-2H3;2-3H2,1H3;1-2H3. The van der Waals surface area contributed by atoms with Crippen LogP contribution in [0.15, 0.2) is 0 Å². The van der Waals surface area contributed by atoms with Crippen LogP contribution in [0.3, 0.4) is 0 Å². The highest BCUT2D eigenvalue weighted by molar-refractivity contribution is 6.00. The summed E-state index contributed by atoms with van der Waals surface area (Å²) < 4.78 is 21.6. The molecule has 112 valence electrons. The van der Waals surface area contributed by atoms with E-state index in [0.717, 1.165) is 5.06 Å². The Morgan fingerprint density at radius 3 is 1.89 bits per heavy atom. The Hall–Kier alpha value is -1.05. The Balaban J connectivity index is 0.000000303. The van der Waals surface area contributed by atoms with E-state index in [1.807, 2.05) is 13.8 Å². The summed E-state index contributed by atoms with van der Waals surface area (Å²) in [7, 11) is 1.31. The van der Waals surface area contributed by atoms with Crippen LogP contribution in [0.25, 0.3) is 0 Å². The fourth-order valence-corrected chi connectivity index (χ4v) is 1.40. The third kappa shape index (κ3) is 6.09. The molecular formula is C12H22FNO5. The molecule has 6 nitrogen and oxygen atoms in total. The van der Waals surface area contributed by atoms with Crippen molar-refractivity contribution in [3.8, 4) is 0 Å². The number of amides is 2. The van der Waals surface area contributed by atoms with Crippen molar-refractivity contribution in [3.63, 3.8) is 0 Å². The normalized spacial score (nSPS) is 24.5. The molecule has 2 rings (SSSR count). The average Bonchev–Trinajstić information content (AvgIpc) is 2.85. The Labute approximate surface area is 112 Å². The van der Waals surface area contributed by atoms with Crippen LogP contribution < -0.4 is 0 Å². The summed E-state index contributed by atoms with van der Waals surface area (Å²) in [5, 5.41) is 0.792. The number of hydrogen-bond donors (Lipinski definition) is 0. The van der Waals surface area contributed by atoms with Gasteiger partial charge in [-0.1, -0.05) is 13.8 Å². The van der Waals surface area contributed by atoms with E-state index in [-0.39, 0.29) is 31.3 Å². The summed E-state index contributed by atoms with van der Waals surface area (Å²) in [6.45, 7) is 7.44. The maximum atomic E-state index is 12.1. The predicted molar refractivity (Wildman–Crippen MR) is 65.5 cm³/mol. The van der Waals surface area contributed by atoms with Crippen LogP contribution in [-0.2, 0) is 23.9 Å². The second-order valence-corrected chi connectivity index (χ2v) is 4.00. The monoisotopic (exact) mass is 279 g/mol. The minimum absolute atomic E-state index is 0.0625. The number of hydrogen-bond acceptors (Lipinski definition) is 5. The van der Waals surface area contributed by atoms with Gasteiger partial charge in [-0.3, -0.25) is 14.4 Å². The summed E-state index contributed by atoms with van der Waals surface area (Å²) >= 11 is 0. The number of ether oxygens (including phenoxy) is 2. The minimum Gasteiger partial charge on any atom is -0.345 e. The second kappa shape index (κ2) is 8.19. The first kappa shape index (κ1) is 17.9. The zero-order valence-electron chi connectivity index (χ0n) is 12.1. The van der Waals surface area contributed by atoms with Gasteiger partial charge >= 0.3 is 0 Å². The number of alkyl halides is 1. The van der Waals surface area contributed by atoms with Gasteiger partial charge in [-0.05, 0) is 13.8 Å². The van der Waals surface area contributed by atoms with E-state index in [9.17, 15) is 14.0 Å². The molecule has 0 bridgehead atoms. The lowest BCUT2D eigenvalue weighted by molar-refractivity contribution is -0.179. The molecule has 0 radical (unpaired) electrons. The topological polar surface area (TPSA) is 65.1 Å². The third-order valence-corrected chi connectivity index (χ3v) is 2.16. The molecule has 19 heavy (non-hydrogen) atoms. The second-order valence-electron chi connectivity index (χ2n) is 4.00. The molecule has 7 heteroatoms. The first-order chi connectivity index (χ1) is 8.85. The molecule has 2 amide bonds. The molecule has 2 aliphatic rings. The fraction of sp³-hybridized carbons (Fsp3) is 0.833. The summed E-state index contributed by atoms with van der Waals surface area (Å²) in [6.07, 6.45) is -0.663. The van der Waals surface area contributed by atoms with Crippen molar-refractivity contribution in [2.75, 3.05) is 13.7 Å². The highest BCUT2D eigenvalue weighted by atomic mass is 19.1. The van der Waals surface area contributed by atoms with Gasteiger partial charge in [0, 0.05) is 12.8 Å². The van der Waals surface area contributed by atoms with Crippen molar-refractivity contribution in [3.05, 3.63) is 0 Å². The van der Waals surface area contributed by atoms with Crippen LogP contribution in [-0.4, -0.2) is 42.7 Å². The van der Waals surface area contributed by atoms with Gasteiger partial charge in [-0.2, -0.15) is 5.06 Å². The lowest BCUT2D eigenvalue weighted by Gasteiger charge is -2.13. The number of imide groups is 1. The van der Waals surface area contributed by atoms with Crippen molar-refractivity contribution >= 4 is 11.8 Å². The molecule has 2 saturated heterocycles. The van der Waals surface area contributed by atoms with E-state index in [2.05, 4.69) is 9.57 Å². The summed E-state index contributed by atoms with van der Waals surface area (Å²) in [4.78, 5) is 25.7. The third-order valence-electron chi connectivity index (χ3n) is 2.16. The molecule has 0 aromatic rings. The smallest absolute Gasteiger partial charge is 0.253 e.